The van der Waals surface area contributed by atoms with Gasteiger partial charge in [0, 0.05) is 0 Å². The molecule has 0 unspecified atom stereocenters. The van der Waals surface area contributed by atoms with Crippen LogP contribution < -0.4 is 5.11 Å². The molecule has 0 atom stereocenters. The molecular weight excluding hydrogens is 241 g/mol. The van der Waals surface area contributed by atoms with Crippen LogP contribution in [0.25, 0.3) is 0 Å². The third kappa shape index (κ3) is 22.6. The van der Waals surface area contributed by atoms with Crippen LogP contribution in [0, 0.1) is 0 Å². The van der Waals surface area contributed by atoms with E-state index in [1.165, 1.54) is 0 Å². The van der Waals surface area contributed by atoms with Crippen LogP contribution in [0.5, 0.6) is 0 Å². The fraction of sp³-hybridized carbons (Fsp3) is 0.500. The molecule has 0 aromatic rings. The van der Waals surface area contributed by atoms with E-state index >= 15 is 0 Å². The Labute approximate surface area is 75.1 Å². The van der Waals surface area contributed by atoms with Crippen molar-refractivity contribution in [2.45, 2.75) is 6.18 Å². The van der Waals surface area contributed by atoms with Crippen molar-refractivity contribution in [1.29, 1.82) is 0 Å². The van der Waals surface area contributed by atoms with Crippen molar-refractivity contribution in [3.8, 4) is 0 Å². The molecule has 8 N–H and O–H groups in total. The molecule has 0 bridgehead atoms. The number of halogens is 3. The molecule has 12 heavy (non-hydrogen) atoms. The van der Waals surface area contributed by atoms with Crippen LogP contribution in [0.4, 0.5) is 13.2 Å². The van der Waals surface area contributed by atoms with Gasteiger partial charge in [-0.25, -0.2) is 0 Å². The minimum absolute atomic E-state index is 0. The van der Waals surface area contributed by atoms with Crippen molar-refractivity contribution < 1.29 is 62.0 Å². The molecule has 0 saturated heterocycles. The Morgan fingerprint density at radius 1 is 1.00 bits per heavy atom. The zero-order valence-corrected chi connectivity index (χ0v) is 6.19. The van der Waals surface area contributed by atoms with Crippen molar-refractivity contribution in [1.82, 2.24) is 0 Å². The summed E-state index contributed by atoms with van der Waals surface area (Å²) >= 11 is 0. The van der Waals surface area contributed by atoms with E-state index in [-0.39, 0.29) is 39.0 Å². The number of aliphatic carboxylic acids is 1. The van der Waals surface area contributed by atoms with Gasteiger partial charge in [0.25, 0.3) is 0 Å². The van der Waals surface area contributed by atoms with Crippen LogP contribution in [0.1, 0.15) is 0 Å². The van der Waals surface area contributed by atoms with Crippen LogP contribution >= 0.6 is 0 Å². The second kappa shape index (κ2) is 13.2. The van der Waals surface area contributed by atoms with Gasteiger partial charge in [-0.1, -0.05) is 0 Å². The molecule has 0 heterocycles. The molecular formula is C2H8CuF3O6. The maximum Gasteiger partial charge on any atom is 1.00 e. The minimum atomic E-state index is -5.19. The van der Waals surface area contributed by atoms with Gasteiger partial charge in [-0.2, -0.15) is 13.2 Å². The Morgan fingerprint density at radius 3 is 1.08 bits per heavy atom. The summed E-state index contributed by atoms with van der Waals surface area (Å²) in [5, 5.41) is 8.78. The molecule has 0 saturated carbocycles. The largest absolute Gasteiger partial charge is 1.00 e. The monoisotopic (exact) mass is 248 g/mol. The zero-order chi connectivity index (χ0) is 6.08. The van der Waals surface area contributed by atoms with Crippen molar-refractivity contribution >= 4 is 5.97 Å². The van der Waals surface area contributed by atoms with Crippen LogP contribution in [-0.2, 0) is 21.9 Å². The van der Waals surface area contributed by atoms with E-state index in [0.29, 0.717) is 0 Å². The fourth-order valence-corrected chi connectivity index (χ4v) is 0. The molecule has 0 aliphatic carbocycles. The van der Waals surface area contributed by atoms with Crippen molar-refractivity contribution in [2.75, 3.05) is 0 Å². The average Bonchev–Trinajstić information content (AvgIpc) is 1.31. The molecule has 0 aliphatic rings. The molecule has 0 radical (unpaired) electrons. The Bertz CT molecular complexity index is 93.3. The maximum absolute atomic E-state index is 10.5. The van der Waals surface area contributed by atoms with Crippen LogP contribution in [0.2, 0.25) is 0 Å². The molecule has 0 aromatic heterocycles. The molecule has 0 aromatic carbocycles. The van der Waals surface area contributed by atoms with E-state index in [9.17, 15) is 13.2 Å². The van der Waals surface area contributed by atoms with Crippen molar-refractivity contribution in [2.24, 2.45) is 0 Å². The van der Waals surface area contributed by atoms with Gasteiger partial charge in [-0.05, 0) is 0 Å². The quantitative estimate of drug-likeness (QED) is 0.399. The molecule has 0 fully saturated rings. The summed E-state index contributed by atoms with van der Waals surface area (Å²) in [7, 11) is 0. The molecule has 0 amide bonds. The van der Waals surface area contributed by atoms with Gasteiger partial charge < -0.3 is 31.8 Å². The van der Waals surface area contributed by atoms with Gasteiger partial charge in [0.2, 0.25) is 0 Å². The third-order valence-electron chi connectivity index (χ3n) is 0.231. The van der Waals surface area contributed by atoms with Crippen molar-refractivity contribution in [3.05, 3.63) is 0 Å². The molecule has 0 spiro atoms. The van der Waals surface area contributed by atoms with E-state index in [1.807, 2.05) is 0 Å². The summed E-state index contributed by atoms with van der Waals surface area (Å²) in [5.74, 6) is -3.01. The summed E-state index contributed by atoms with van der Waals surface area (Å²) in [6.45, 7) is 0. The van der Waals surface area contributed by atoms with Gasteiger partial charge in [0.15, 0.2) is 0 Å². The number of hydrogen-bond donors (Lipinski definition) is 0. The first-order valence-electron chi connectivity index (χ1n) is 1.23. The first-order valence-corrected chi connectivity index (χ1v) is 1.23. The second-order valence-corrected chi connectivity index (χ2v) is 0.785. The van der Waals surface area contributed by atoms with E-state index in [0.717, 1.165) is 0 Å². The van der Waals surface area contributed by atoms with Crippen LogP contribution in [0.3, 0.4) is 0 Å². The predicted octanol–water partition coefficient (Wildman–Crippen LogP) is -4.00. The first kappa shape index (κ1) is 41.5. The van der Waals surface area contributed by atoms with Crippen LogP contribution in [-0.4, -0.2) is 34.1 Å². The minimum Gasteiger partial charge on any atom is -0.542 e. The standard InChI is InChI=1S/C2HF3O2.Cu.4H2O/c3-2(4,5)1(6)7;;;;;/h(H,6,7);;4*1H2/q;+1;;;;/p-1. The molecule has 6 nitrogen and oxygen atoms in total. The Morgan fingerprint density at radius 2 is 1.08 bits per heavy atom. The summed E-state index contributed by atoms with van der Waals surface area (Å²) < 4.78 is 31.5. The topological polar surface area (TPSA) is 166 Å². The number of carbonyl (C=O) groups is 1. The SMILES string of the molecule is O.O.O.O.O=C([O-])C(F)(F)F.[Cu+]. The predicted molar refractivity (Wildman–Crippen MR) is 25.5 cm³/mol. The summed E-state index contributed by atoms with van der Waals surface area (Å²) in [6.07, 6.45) is -5.19. The molecule has 0 rings (SSSR count). The van der Waals surface area contributed by atoms with Gasteiger partial charge in [0.05, 0.1) is 0 Å². The number of carbonyl (C=O) groups excluding carboxylic acids is 1. The second-order valence-electron chi connectivity index (χ2n) is 0.785. The number of hydrogen-bond acceptors (Lipinski definition) is 2. The van der Waals surface area contributed by atoms with E-state index < -0.39 is 12.1 Å². The number of carboxylic acid groups (broad SMARTS) is 1. The first-order chi connectivity index (χ1) is 2.94. The van der Waals surface area contributed by atoms with E-state index in [2.05, 4.69) is 0 Å². The fourth-order valence-electron chi connectivity index (χ4n) is 0. The molecule has 10 heteroatoms. The van der Waals surface area contributed by atoms with Crippen molar-refractivity contribution in [3.63, 3.8) is 0 Å². The Hall–Kier alpha value is -0.381. The average molecular weight is 249 g/mol. The summed E-state index contributed by atoms with van der Waals surface area (Å²) in [5.41, 5.74) is 0. The summed E-state index contributed by atoms with van der Waals surface area (Å²) in [4.78, 5) is 8.78. The van der Waals surface area contributed by atoms with Gasteiger partial charge in [-0.3, -0.25) is 0 Å². The molecule has 84 valence electrons. The number of rotatable bonds is 0. The Kier molecular flexibility index (Phi) is 45.7. The maximum atomic E-state index is 10.5. The number of carboxylic acids is 1. The Balaban J connectivity index is -0.0000000180. The van der Waals surface area contributed by atoms with Crippen LogP contribution in [0.15, 0.2) is 0 Å². The van der Waals surface area contributed by atoms with Gasteiger partial charge in [0.1, 0.15) is 5.97 Å². The molecule has 0 aliphatic heterocycles. The third-order valence-corrected chi connectivity index (χ3v) is 0.231. The summed E-state index contributed by atoms with van der Waals surface area (Å²) in [6, 6.07) is 0. The number of alkyl halides is 3. The normalized spacial score (nSPS) is 6.58. The zero-order valence-electron chi connectivity index (χ0n) is 5.25. The van der Waals surface area contributed by atoms with E-state index in [4.69, 9.17) is 9.90 Å². The van der Waals surface area contributed by atoms with Gasteiger partial charge >= 0.3 is 23.2 Å². The van der Waals surface area contributed by atoms with E-state index in [1.54, 1.807) is 0 Å². The van der Waals surface area contributed by atoms with Gasteiger partial charge in [-0.15, -0.1) is 0 Å². The smallest absolute Gasteiger partial charge is 0.542 e.